The third-order valence-corrected chi connectivity index (χ3v) is 6.22. The number of nitrogens with zero attached hydrogens (tertiary/aromatic N) is 5. The first-order valence-corrected chi connectivity index (χ1v) is 11.7. The maximum atomic E-state index is 13.6. The van der Waals surface area contributed by atoms with Crippen LogP contribution in [0.2, 0.25) is 0 Å². The van der Waals surface area contributed by atoms with E-state index in [0.717, 1.165) is 6.26 Å². The van der Waals surface area contributed by atoms with Crippen LogP contribution in [0.1, 0.15) is 24.2 Å². The lowest BCUT2D eigenvalue weighted by atomic mass is 10.0. The minimum Gasteiger partial charge on any atom is -0.382 e. The molecule has 0 saturated heterocycles. The number of fused-ring (bicyclic) bond motifs is 1. The van der Waals surface area contributed by atoms with Gasteiger partial charge >= 0.3 is 0 Å². The van der Waals surface area contributed by atoms with E-state index in [-0.39, 0.29) is 33.2 Å². The first-order chi connectivity index (χ1) is 15.7. The predicted molar refractivity (Wildman–Crippen MR) is 123 cm³/mol. The average Bonchev–Trinajstić information content (AvgIpc) is 2.78. The van der Waals surface area contributed by atoms with Gasteiger partial charge in [0.15, 0.2) is 9.84 Å². The van der Waals surface area contributed by atoms with Gasteiger partial charge in [0.05, 0.1) is 22.2 Å². The van der Waals surface area contributed by atoms with E-state index in [1.165, 1.54) is 16.8 Å². The summed E-state index contributed by atoms with van der Waals surface area (Å²) < 4.78 is 26.3. The fourth-order valence-electron chi connectivity index (χ4n) is 3.56. The van der Waals surface area contributed by atoms with Gasteiger partial charge in [0, 0.05) is 18.0 Å². The number of benzene rings is 1. The van der Waals surface area contributed by atoms with E-state index in [1.54, 1.807) is 49.5 Å². The van der Waals surface area contributed by atoms with Crippen LogP contribution in [0.15, 0.2) is 64.7 Å². The Morgan fingerprint density at radius 2 is 1.88 bits per heavy atom. The van der Waals surface area contributed by atoms with Crippen molar-refractivity contribution in [3.63, 3.8) is 0 Å². The number of nitrogens with one attached hydrogen (secondary N) is 1. The summed E-state index contributed by atoms with van der Waals surface area (Å²) in [6.07, 6.45) is 3.87. The van der Waals surface area contributed by atoms with Gasteiger partial charge in [0.2, 0.25) is 0 Å². The third kappa shape index (κ3) is 3.99. The second kappa shape index (κ2) is 8.33. The SMILES string of the molecule is CC(Nc1ncnc(N)c1C#N)c1nc2ccccn2c(=O)c1-c1ccccc1S(C)(=O)=O. The highest BCUT2D eigenvalue weighted by atomic mass is 32.2. The number of nitrogens with two attached hydrogens (primary N) is 1. The molecule has 1 atom stereocenters. The summed E-state index contributed by atoms with van der Waals surface area (Å²) in [5.41, 5.74) is 6.45. The van der Waals surface area contributed by atoms with Crippen LogP contribution in [-0.2, 0) is 9.84 Å². The average molecular weight is 462 g/mol. The van der Waals surface area contributed by atoms with Crippen LogP contribution >= 0.6 is 0 Å². The number of nitrogen functional groups attached to an aromatic ring is 1. The van der Waals surface area contributed by atoms with Crippen LogP contribution in [0, 0.1) is 11.3 Å². The lowest BCUT2D eigenvalue weighted by Crippen LogP contribution is -2.24. The van der Waals surface area contributed by atoms with Crippen LogP contribution in [-0.4, -0.2) is 34.0 Å². The molecular weight excluding hydrogens is 442 g/mol. The molecule has 0 aliphatic heterocycles. The number of rotatable bonds is 5. The van der Waals surface area contributed by atoms with Crippen molar-refractivity contribution in [1.82, 2.24) is 19.4 Å². The lowest BCUT2D eigenvalue weighted by Gasteiger charge is -2.20. The Bertz CT molecular complexity index is 1590. The molecular formula is C22H19N7O3S. The molecule has 0 spiro atoms. The summed E-state index contributed by atoms with van der Waals surface area (Å²) in [5, 5.41) is 12.5. The highest BCUT2D eigenvalue weighted by Gasteiger charge is 2.25. The quantitative estimate of drug-likeness (QED) is 0.454. The summed E-state index contributed by atoms with van der Waals surface area (Å²) in [4.78, 5) is 26.1. The highest BCUT2D eigenvalue weighted by molar-refractivity contribution is 7.90. The van der Waals surface area contributed by atoms with E-state index in [0.29, 0.717) is 11.3 Å². The van der Waals surface area contributed by atoms with Crippen molar-refractivity contribution < 1.29 is 8.42 Å². The fraction of sp³-hybridized carbons (Fsp3) is 0.136. The van der Waals surface area contributed by atoms with Gasteiger partial charge in [0.25, 0.3) is 5.56 Å². The molecule has 0 aliphatic rings. The van der Waals surface area contributed by atoms with Crippen molar-refractivity contribution in [3.05, 3.63) is 76.6 Å². The monoisotopic (exact) mass is 461 g/mol. The Morgan fingerprint density at radius 1 is 1.15 bits per heavy atom. The molecule has 3 aromatic heterocycles. The standard InChI is InChI=1S/C22H19N7O3S/c1-13(27-21-15(11-23)20(24)25-12-26-21)19-18(14-7-3-4-8-16(14)33(2,31)32)22(30)29-10-6-5-9-17(29)28-19/h3-10,12-13H,1-2H3,(H3,24,25,26,27). The molecule has 3 heterocycles. The normalized spacial score (nSPS) is 12.3. The molecule has 1 aromatic carbocycles. The van der Waals surface area contributed by atoms with Crippen LogP contribution in [0.4, 0.5) is 11.6 Å². The van der Waals surface area contributed by atoms with E-state index >= 15 is 0 Å². The molecule has 11 heteroatoms. The van der Waals surface area contributed by atoms with Gasteiger partial charge in [-0.25, -0.2) is 23.4 Å². The predicted octanol–water partition coefficient (Wildman–Crippen LogP) is 2.18. The number of sulfone groups is 1. The summed E-state index contributed by atoms with van der Waals surface area (Å²) in [7, 11) is -3.65. The molecule has 33 heavy (non-hydrogen) atoms. The van der Waals surface area contributed by atoms with E-state index in [1.807, 2.05) is 6.07 Å². The summed E-state index contributed by atoms with van der Waals surface area (Å²) in [6, 6.07) is 12.7. The first-order valence-electron chi connectivity index (χ1n) is 9.80. The van der Waals surface area contributed by atoms with Crippen molar-refractivity contribution in [2.24, 2.45) is 0 Å². The van der Waals surface area contributed by atoms with Crippen molar-refractivity contribution >= 4 is 27.1 Å². The van der Waals surface area contributed by atoms with Gasteiger partial charge in [-0.2, -0.15) is 5.26 Å². The van der Waals surface area contributed by atoms with Crippen LogP contribution < -0.4 is 16.6 Å². The zero-order valence-electron chi connectivity index (χ0n) is 17.7. The maximum absolute atomic E-state index is 13.6. The van der Waals surface area contributed by atoms with Gasteiger partial charge in [-0.05, 0) is 25.1 Å². The lowest BCUT2D eigenvalue weighted by molar-refractivity contribution is 0.602. The molecule has 0 bridgehead atoms. The van der Waals surface area contributed by atoms with Crippen molar-refractivity contribution in [3.8, 4) is 17.2 Å². The van der Waals surface area contributed by atoms with Gasteiger partial charge in [0.1, 0.15) is 35.2 Å². The molecule has 166 valence electrons. The summed E-state index contributed by atoms with van der Waals surface area (Å²) in [6.45, 7) is 1.73. The first kappa shape index (κ1) is 21.9. The number of anilines is 2. The summed E-state index contributed by atoms with van der Waals surface area (Å²) >= 11 is 0. The van der Waals surface area contributed by atoms with Gasteiger partial charge < -0.3 is 11.1 Å². The molecule has 0 aliphatic carbocycles. The van der Waals surface area contributed by atoms with E-state index in [9.17, 15) is 18.5 Å². The second-order valence-corrected chi connectivity index (χ2v) is 9.32. The second-order valence-electron chi connectivity index (χ2n) is 7.33. The highest BCUT2D eigenvalue weighted by Crippen LogP contribution is 2.31. The Hall–Kier alpha value is -4.30. The van der Waals surface area contributed by atoms with E-state index in [4.69, 9.17) is 5.73 Å². The molecule has 4 aromatic rings. The molecule has 10 nitrogen and oxygen atoms in total. The fourth-order valence-corrected chi connectivity index (χ4v) is 4.46. The Labute approximate surface area is 189 Å². The number of aromatic nitrogens is 4. The van der Waals surface area contributed by atoms with Gasteiger partial charge in [-0.3, -0.25) is 9.20 Å². The van der Waals surface area contributed by atoms with E-state index in [2.05, 4.69) is 20.3 Å². The van der Waals surface area contributed by atoms with Crippen molar-refractivity contribution in [1.29, 1.82) is 5.26 Å². The topological polar surface area (TPSA) is 156 Å². The maximum Gasteiger partial charge on any atom is 0.266 e. The number of pyridine rings is 1. The van der Waals surface area contributed by atoms with Crippen LogP contribution in [0.25, 0.3) is 16.8 Å². The zero-order chi connectivity index (χ0) is 23.8. The minimum absolute atomic E-state index is 0.0105. The summed E-state index contributed by atoms with van der Waals surface area (Å²) in [5.74, 6) is 0.186. The number of nitriles is 1. The van der Waals surface area contributed by atoms with Crippen LogP contribution in [0.3, 0.4) is 0 Å². The third-order valence-electron chi connectivity index (χ3n) is 5.07. The van der Waals surface area contributed by atoms with Crippen LogP contribution in [0.5, 0.6) is 0 Å². The molecule has 4 rings (SSSR count). The van der Waals surface area contributed by atoms with Gasteiger partial charge in [-0.1, -0.05) is 24.3 Å². The molecule has 0 radical (unpaired) electrons. The van der Waals surface area contributed by atoms with E-state index < -0.39 is 21.4 Å². The zero-order valence-corrected chi connectivity index (χ0v) is 18.5. The Kier molecular flexibility index (Phi) is 5.53. The molecule has 3 N–H and O–H groups in total. The molecule has 0 saturated carbocycles. The minimum atomic E-state index is -3.65. The smallest absolute Gasteiger partial charge is 0.266 e. The number of hydrogen-bond acceptors (Lipinski definition) is 9. The Balaban J connectivity index is 2.00. The number of hydrogen-bond donors (Lipinski definition) is 2. The Morgan fingerprint density at radius 3 is 2.61 bits per heavy atom. The van der Waals surface area contributed by atoms with Gasteiger partial charge in [-0.15, -0.1) is 0 Å². The molecule has 1 unspecified atom stereocenters. The van der Waals surface area contributed by atoms with Crippen molar-refractivity contribution in [2.45, 2.75) is 17.9 Å². The molecule has 0 fully saturated rings. The largest absolute Gasteiger partial charge is 0.382 e. The van der Waals surface area contributed by atoms with Crippen molar-refractivity contribution in [2.75, 3.05) is 17.3 Å². The molecule has 0 amide bonds.